The van der Waals surface area contributed by atoms with E-state index in [2.05, 4.69) is 26.6 Å². The van der Waals surface area contributed by atoms with E-state index < -0.39 is 0 Å². The first-order valence-corrected chi connectivity index (χ1v) is 5.96. The molecule has 1 aromatic carbocycles. The second-order valence-corrected chi connectivity index (χ2v) is 5.58. The summed E-state index contributed by atoms with van der Waals surface area (Å²) >= 11 is 3.36. The highest BCUT2D eigenvalue weighted by molar-refractivity contribution is 9.10. The van der Waals surface area contributed by atoms with Gasteiger partial charge in [0, 0.05) is 15.7 Å². The lowest BCUT2D eigenvalue weighted by molar-refractivity contribution is -0.115. The van der Waals surface area contributed by atoms with Crippen molar-refractivity contribution in [2.75, 3.05) is 11.9 Å². The first-order chi connectivity index (χ1) is 7.37. The Morgan fingerprint density at radius 3 is 2.62 bits per heavy atom. The molecule has 1 amide bonds. The second-order valence-electron chi connectivity index (χ2n) is 4.66. The van der Waals surface area contributed by atoms with Crippen LogP contribution in [-0.2, 0) is 4.79 Å². The van der Waals surface area contributed by atoms with Gasteiger partial charge < -0.3 is 10.6 Å². The van der Waals surface area contributed by atoms with Gasteiger partial charge in [-0.25, -0.2) is 0 Å². The lowest BCUT2D eigenvalue weighted by Gasteiger charge is -2.20. The van der Waals surface area contributed by atoms with Gasteiger partial charge in [0.1, 0.15) is 0 Å². The van der Waals surface area contributed by atoms with E-state index >= 15 is 0 Å². The van der Waals surface area contributed by atoms with Gasteiger partial charge in [0.05, 0.1) is 6.54 Å². The third-order valence-electron chi connectivity index (χ3n) is 1.89. The smallest absolute Gasteiger partial charge is 0.238 e. The number of rotatable bonds is 3. The van der Waals surface area contributed by atoms with Crippen LogP contribution in [0.3, 0.4) is 0 Å². The molecule has 0 atom stereocenters. The monoisotopic (exact) mass is 284 g/mol. The Morgan fingerprint density at radius 2 is 2.06 bits per heavy atom. The van der Waals surface area contributed by atoms with Gasteiger partial charge in [-0.3, -0.25) is 4.79 Å². The molecule has 88 valence electrons. The van der Waals surface area contributed by atoms with Crippen molar-refractivity contribution in [3.8, 4) is 0 Å². The number of amides is 1. The Labute approximate surface area is 105 Å². The molecule has 0 aliphatic heterocycles. The van der Waals surface area contributed by atoms with Gasteiger partial charge in [-0.1, -0.05) is 22.0 Å². The molecule has 16 heavy (non-hydrogen) atoms. The molecule has 3 nitrogen and oxygen atoms in total. The van der Waals surface area contributed by atoms with E-state index in [0.29, 0.717) is 6.54 Å². The van der Waals surface area contributed by atoms with E-state index in [1.807, 2.05) is 45.0 Å². The SMILES string of the molecule is CC(C)(C)NCC(=O)Nc1cccc(Br)c1. The summed E-state index contributed by atoms with van der Waals surface area (Å²) in [7, 11) is 0. The highest BCUT2D eigenvalue weighted by Gasteiger charge is 2.11. The molecule has 1 aromatic rings. The summed E-state index contributed by atoms with van der Waals surface area (Å²) in [6.07, 6.45) is 0. The predicted octanol–water partition coefficient (Wildman–Crippen LogP) is 2.78. The largest absolute Gasteiger partial charge is 0.325 e. The van der Waals surface area contributed by atoms with E-state index in [1.165, 1.54) is 0 Å². The fourth-order valence-corrected chi connectivity index (χ4v) is 1.52. The van der Waals surface area contributed by atoms with E-state index in [1.54, 1.807) is 0 Å². The van der Waals surface area contributed by atoms with Crippen molar-refractivity contribution in [2.24, 2.45) is 0 Å². The topological polar surface area (TPSA) is 41.1 Å². The fraction of sp³-hybridized carbons (Fsp3) is 0.417. The van der Waals surface area contributed by atoms with Crippen LogP contribution in [0.25, 0.3) is 0 Å². The second kappa shape index (κ2) is 5.46. The van der Waals surface area contributed by atoms with Gasteiger partial charge in [0.15, 0.2) is 0 Å². The third kappa shape index (κ3) is 5.28. The number of anilines is 1. The van der Waals surface area contributed by atoms with Crippen molar-refractivity contribution in [2.45, 2.75) is 26.3 Å². The molecule has 0 radical (unpaired) electrons. The quantitative estimate of drug-likeness (QED) is 0.896. The maximum atomic E-state index is 11.6. The Kier molecular flexibility index (Phi) is 4.50. The van der Waals surface area contributed by atoms with Crippen LogP contribution in [0, 0.1) is 0 Å². The molecule has 0 saturated heterocycles. The van der Waals surface area contributed by atoms with Crippen LogP contribution < -0.4 is 10.6 Å². The zero-order valence-electron chi connectivity index (χ0n) is 9.80. The molecule has 1 rings (SSSR count). The van der Waals surface area contributed by atoms with E-state index in [9.17, 15) is 4.79 Å². The van der Waals surface area contributed by atoms with Crippen molar-refractivity contribution in [3.63, 3.8) is 0 Å². The molecule has 0 aliphatic rings. The number of halogens is 1. The average molecular weight is 285 g/mol. The molecule has 4 heteroatoms. The maximum Gasteiger partial charge on any atom is 0.238 e. The highest BCUT2D eigenvalue weighted by atomic mass is 79.9. The summed E-state index contributed by atoms with van der Waals surface area (Å²) in [5, 5.41) is 5.96. The Bertz CT molecular complexity index is 372. The molecule has 0 aliphatic carbocycles. The number of benzene rings is 1. The van der Waals surface area contributed by atoms with Crippen molar-refractivity contribution in [3.05, 3.63) is 28.7 Å². The minimum absolute atomic E-state index is 0.0342. The average Bonchev–Trinajstić information content (AvgIpc) is 2.14. The van der Waals surface area contributed by atoms with Gasteiger partial charge in [0.2, 0.25) is 5.91 Å². The van der Waals surface area contributed by atoms with Gasteiger partial charge >= 0.3 is 0 Å². The van der Waals surface area contributed by atoms with Crippen molar-refractivity contribution in [1.29, 1.82) is 0 Å². The van der Waals surface area contributed by atoms with Crippen LogP contribution in [0.1, 0.15) is 20.8 Å². The molecule has 0 bridgehead atoms. The first kappa shape index (κ1) is 13.2. The van der Waals surface area contributed by atoms with Gasteiger partial charge in [-0.15, -0.1) is 0 Å². The normalized spacial score (nSPS) is 11.2. The number of carbonyl (C=O) groups excluding carboxylic acids is 1. The first-order valence-electron chi connectivity index (χ1n) is 5.17. The number of hydrogen-bond acceptors (Lipinski definition) is 2. The fourth-order valence-electron chi connectivity index (χ4n) is 1.12. The molecule has 2 N–H and O–H groups in total. The Morgan fingerprint density at radius 1 is 1.38 bits per heavy atom. The highest BCUT2D eigenvalue weighted by Crippen LogP contribution is 2.15. The molecule has 0 heterocycles. The van der Waals surface area contributed by atoms with E-state index in [-0.39, 0.29) is 11.4 Å². The molecule has 0 unspecified atom stereocenters. The summed E-state index contributed by atoms with van der Waals surface area (Å²) in [6.45, 7) is 6.40. The number of hydrogen-bond donors (Lipinski definition) is 2. The van der Waals surface area contributed by atoms with Crippen LogP contribution >= 0.6 is 15.9 Å². The Balaban J connectivity index is 2.46. The van der Waals surface area contributed by atoms with Crippen molar-refractivity contribution < 1.29 is 4.79 Å². The molecule has 0 saturated carbocycles. The third-order valence-corrected chi connectivity index (χ3v) is 2.38. The minimum atomic E-state index is -0.0470. The molecule has 0 fully saturated rings. The lowest BCUT2D eigenvalue weighted by atomic mass is 10.1. The number of carbonyl (C=O) groups is 1. The van der Waals surface area contributed by atoms with Crippen LogP contribution in [-0.4, -0.2) is 18.0 Å². The summed E-state index contributed by atoms with van der Waals surface area (Å²) in [5.41, 5.74) is 0.754. The van der Waals surface area contributed by atoms with Gasteiger partial charge in [0.25, 0.3) is 0 Å². The summed E-state index contributed by atoms with van der Waals surface area (Å²) in [4.78, 5) is 11.6. The van der Waals surface area contributed by atoms with Crippen molar-refractivity contribution in [1.82, 2.24) is 5.32 Å². The van der Waals surface area contributed by atoms with Crippen LogP contribution in [0.2, 0.25) is 0 Å². The molecule has 0 aromatic heterocycles. The van der Waals surface area contributed by atoms with E-state index in [4.69, 9.17) is 0 Å². The zero-order chi connectivity index (χ0) is 12.2. The lowest BCUT2D eigenvalue weighted by Crippen LogP contribution is -2.41. The van der Waals surface area contributed by atoms with Gasteiger partial charge in [-0.2, -0.15) is 0 Å². The van der Waals surface area contributed by atoms with Gasteiger partial charge in [-0.05, 0) is 39.0 Å². The van der Waals surface area contributed by atoms with Crippen LogP contribution in [0.5, 0.6) is 0 Å². The molecular formula is C12H17BrN2O. The summed E-state index contributed by atoms with van der Waals surface area (Å²) < 4.78 is 0.953. The predicted molar refractivity (Wildman–Crippen MR) is 70.5 cm³/mol. The van der Waals surface area contributed by atoms with Crippen LogP contribution in [0.15, 0.2) is 28.7 Å². The Hall–Kier alpha value is -0.870. The summed E-state index contributed by atoms with van der Waals surface area (Å²) in [6, 6.07) is 7.54. The zero-order valence-corrected chi connectivity index (χ0v) is 11.4. The van der Waals surface area contributed by atoms with Crippen LogP contribution in [0.4, 0.5) is 5.69 Å². The molecular weight excluding hydrogens is 268 g/mol. The summed E-state index contributed by atoms with van der Waals surface area (Å²) in [5.74, 6) is -0.0342. The van der Waals surface area contributed by atoms with E-state index in [0.717, 1.165) is 10.2 Å². The maximum absolute atomic E-state index is 11.6. The number of nitrogens with one attached hydrogen (secondary N) is 2. The minimum Gasteiger partial charge on any atom is -0.325 e. The standard InChI is InChI=1S/C12H17BrN2O/c1-12(2,3)14-8-11(16)15-10-6-4-5-9(13)7-10/h4-7,14H,8H2,1-3H3,(H,15,16). The van der Waals surface area contributed by atoms with Crippen molar-refractivity contribution >= 4 is 27.5 Å². The molecule has 0 spiro atoms.